The van der Waals surface area contributed by atoms with Crippen molar-refractivity contribution in [1.82, 2.24) is 9.88 Å². The summed E-state index contributed by atoms with van der Waals surface area (Å²) in [4.78, 5) is 6.09. The van der Waals surface area contributed by atoms with E-state index >= 15 is 0 Å². The Hall–Kier alpha value is -1.02. The van der Waals surface area contributed by atoms with E-state index in [-0.39, 0.29) is 0 Å². The zero-order valence-corrected chi connectivity index (χ0v) is 7.54. The molecule has 62 valence electrons. The Labute approximate surface area is 76.5 Å². The molecule has 0 fully saturated rings. The fraction of sp³-hybridized carbons (Fsp3) is 0.222. The van der Waals surface area contributed by atoms with Gasteiger partial charge in [0.15, 0.2) is 0 Å². The van der Waals surface area contributed by atoms with Crippen molar-refractivity contribution >= 4 is 16.6 Å². The molecule has 0 spiro atoms. The summed E-state index contributed by atoms with van der Waals surface area (Å²) in [6.45, 7) is 0.911. The molecule has 0 unspecified atom stereocenters. The van der Waals surface area contributed by atoms with E-state index in [4.69, 9.17) is 11.6 Å². The van der Waals surface area contributed by atoms with Crippen LogP contribution in [-0.4, -0.2) is 16.9 Å². The van der Waals surface area contributed by atoms with E-state index in [9.17, 15) is 0 Å². The maximum Gasteiger partial charge on any atom is 0.0655 e. The average molecular weight is 181 g/mol. The van der Waals surface area contributed by atoms with Crippen LogP contribution in [0.15, 0.2) is 24.7 Å². The SMILES string of the molecule is CN1C=C(Cl)c2cnccc2C1. The highest BCUT2D eigenvalue weighted by molar-refractivity contribution is 6.48. The van der Waals surface area contributed by atoms with Gasteiger partial charge in [0.1, 0.15) is 0 Å². The van der Waals surface area contributed by atoms with Crippen molar-refractivity contribution in [3.8, 4) is 0 Å². The molecule has 2 rings (SSSR count). The fourth-order valence-corrected chi connectivity index (χ4v) is 1.69. The lowest BCUT2D eigenvalue weighted by Gasteiger charge is -2.22. The summed E-state index contributed by atoms with van der Waals surface area (Å²) in [5, 5.41) is 0.770. The molecule has 0 aliphatic carbocycles. The molecule has 3 heteroatoms. The van der Waals surface area contributed by atoms with Gasteiger partial charge in [-0.1, -0.05) is 11.6 Å². The third-order valence-electron chi connectivity index (χ3n) is 1.92. The van der Waals surface area contributed by atoms with E-state index in [0.29, 0.717) is 0 Å². The molecule has 1 aromatic rings. The molecule has 2 nitrogen and oxygen atoms in total. The second-order valence-electron chi connectivity index (χ2n) is 2.92. The molecule has 0 amide bonds. The number of aromatic nitrogens is 1. The average Bonchev–Trinajstić information content (AvgIpc) is 2.04. The molecule has 0 saturated heterocycles. The van der Waals surface area contributed by atoms with Crippen LogP contribution in [0, 0.1) is 0 Å². The van der Waals surface area contributed by atoms with Gasteiger partial charge in [-0.15, -0.1) is 0 Å². The molecule has 1 aliphatic rings. The molecule has 12 heavy (non-hydrogen) atoms. The highest BCUT2D eigenvalue weighted by atomic mass is 35.5. The first-order valence-electron chi connectivity index (χ1n) is 3.78. The van der Waals surface area contributed by atoms with Crippen LogP contribution < -0.4 is 0 Å². The van der Waals surface area contributed by atoms with Gasteiger partial charge in [0.25, 0.3) is 0 Å². The third kappa shape index (κ3) is 1.18. The minimum absolute atomic E-state index is 0.770. The molecule has 0 N–H and O–H groups in total. The Morgan fingerprint density at radius 3 is 3.25 bits per heavy atom. The highest BCUT2D eigenvalue weighted by Gasteiger charge is 2.12. The van der Waals surface area contributed by atoms with Crippen LogP contribution in [0.25, 0.3) is 5.03 Å². The van der Waals surface area contributed by atoms with E-state index in [2.05, 4.69) is 9.88 Å². The van der Waals surface area contributed by atoms with Crippen molar-refractivity contribution in [2.24, 2.45) is 0 Å². The predicted octanol–water partition coefficient (Wildman–Crippen LogP) is 2.06. The van der Waals surface area contributed by atoms with E-state index < -0.39 is 0 Å². The molecule has 0 bridgehead atoms. The Kier molecular flexibility index (Phi) is 1.77. The van der Waals surface area contributed by atoms with Gasteiger partial charge in [0.2, 0.25) is 0 Å². The third-order valence-corrected chi connectivity index (χ3v) is 2.22. The highest BCUT2D eigenvalue weighted by Crippen LogP contribution is 2.27. The molecule has 0 atom stereocenters. The normalized spacial score (nSPS) is 15.5. The van der Waals surface area contributed by atoms with Gasteiger partial charge < -0.3 is 4.90 Å². The van der Waals surface area contributed by atoms with E-state index in [0.717, 1.165) is 17.1 Å². The monoisotopic (exact) mass is 180 g/mol. The number of rotatable bonds is 0. The number of hydrogen-bond acceptors (Lipinski definition) is 2. The van der Waals surface area contributed by atoms with Gasteiger partial charge in [-0.2, -0.15) is 0 Å². The summed E-state index contributed by atoms with van der Waals surface area (Å²) in [5.74, 6) is 0. The molecule has 0 saturated carbocycles. The van der Waals surface area contributed by atoms with Gasteiger partial charge in [-0.3, -0.25) is 4.98 Å². The molecule has 0 radical (unpaired) electrons. The Morgan fingerprint density at radius 1 is 1.58 bits per heavy atom. The van der Waals surface area contributed by atoms with Crippen LogP contribution in [0.1, 0.15) is 11.1 Å². The first-order chi connectivity index (χ1) is 5.77. The molecule has 0 aromatic carbocycles. The zero-order valence-electron chi connectivity index (χ0n) is 6.79. The quantitative estimate of drug-likeness (QED) is 0.608. The van der Waals surface area contributed by atoms with Crippen LogP contribution in [0.5, 0.6) is 0 Å². The Bertz CT molecular complexity index is 333. The summed E-state index contributed by atoms with van der Waals surface area (Å²) >= 11 is 6.02. The van der Waals surface area contributed by atoms with Crippen molar-refractivity contribution in [1.29, 1.82) is 0 Å². The molecule has 1 aromatic heterocycles. The van der Waals surface area contributed by atoms with Gasteiger partial charge in [0.05, 0.1) is 5.03 Å². The second-order valence-corrected chi connectivity index (χ2v) is 3.33. The van der Waals surface area contributed by atoms with E-state index in [1.165, 1.54) is 5.56 Å². The zero-order chi connectivity index (χ0) is 8.55. The van der Waals surface area contributed by atoms with Crippen LogP contribution >= 0.6 is 11.6 Å². The van der Waals surface area contributed by atoms with E-state index in [1.54, 1.807) is 12.4 Å². The van der Waals surface area contributed by atoms with Crippen LogP contribution in [0.2, 0.25) is 0 Å². The summed E-state index contributed by atoms with van der Waals surface area (Å²) in [6, 6.07) is 2.00. The molecule has 1 aliphatic heterocycles. The van der Waals surface area contributed by atoms with Crippen LogP contribution in [0.3, 0.4) is 0 Å². The second kappa shape index (κ2) is 2.79. The maximum absolute atomic E-state index is 6.02. The predicted molar refractivity (Wildman–Crippen MR) is 49.5 cm³/mol. The Balaban J connectivity index is 2.53. The first-order valence-corrected chi connectivity index (χ1v) is 4.16. The van der Waals surface area contributed by atoms with Gasteiger partial charge in [0, 0.05) is 37.7 Å². The van der Waals surface area contributed by atoms with E-state index in [1.807, 2.05) is 19.3 Å². The molecule has 2 heterocycles. The fourth-order valence-electron chi connectivity index (χ4n) is 1.35. The standard InChI is InChI=1S/C9H9ClN2/c1-12-5-7-2-3-11-4-8(7)9(10)6-12/h2-4,6H,5H2,1H3. The topological polar surface area (TPSA) is 16.1 Å². The smallest absolute Gasteiger partial charge is 0.0655 e. The summed E-state index contributed by atoms with van der Waals surface area (Å²) < 4.78 is 0. The minimum Gasteiger partial charge on any atom is -0.375 e. The minimum atomic E-state index is 0.770. The van der Waals surface area contributed by atoms with Crippen LogP contribution in [-0.2, 0) is 6.54 Å². The van der Waals surface area contributed by atoms with Crippen molar-refractivity contribution < 1.29 is 0 Å². The van der Waals surface area contributed by atoms with Gasteiger partial charge in [-0.05, 0) is 11.6 Å². The lowest BCUT2D eigenvalue weighted by atomic mass is 10.1. The van der Waals surface area contributed by atoms with Crippen molar-refractivity contribution in [3.05, 3.63) is 35.8 Å². The van der Waals surface area contributed by atoms with Crippen molar-refractivity contribution in [2.45, 2.75) is 6.54 Å². The van der Waals surface area contributed by atoms with Gasteiger partial charge >= 0.3 is 0 Å². The number of nitrogens with zero attached hydrogens (tertiary/aromatic N) is 2. The maximum atomic E-state index is 6.02. The Morgan fingerprint density at radius 2 is 2.42 bits per heavy atom. The molecular weight excluding hydrogens is 172 g/mol. The molecular formula is C9H9ClN2. The number of halogens is 1. The number of hydrogen-bond donors (Lipinski definition) is 0. The summed E-state index contributed by atoms with van der Waals surface area (Å²) in [6.07, 6.45) is 5.52. The van der Waals surface area contributed by atoms with Crippen LogP contribution in [0.4, 0.5) is 0 Å². The largest absolute Gasteiger partial charge is 0.375 e. The first kappa shape index (κ1) is 7.62. The summed E-state index contributed by atoms with van der Waals surface area (Å²) in [7, 11) is 2.01. The lowest BCUT2D eigenvalue weighted by molar-refractivity contribution is 0.446. The lowest BCUT2D eigenvalue weighted by Crippen LogP contribution is -2.15. The van der Waals surface area contributed by atoms with Crippen molar-refractivity contribution in [3.63, 3.8) is 0 Å². The summed E-state index contributed by atoms with van der Waals surface area (Å²) in [5.41, 5.74) is 2.29. The number of fused-ring (bicyclic) bond motifs is 1. The number of pyridine rings is 1. The van der Waals surface area contributed by atoms with Gasteiger partial charge in [-0.25, -0.2) is 0 Å². The van der Waals surface area contributed by atoms with Crippen molar-refractivity contribution in [2.75, 3.05) is 7.05 Å².